The van der Waals surface area contributed by atoms with Crippen molar-refractivity contribution in [2.45, 2.75) is 25.8 Å². The predicted octanol–water partition coefficient (Wildman–Crippen LogP) is 2.82. The van der Waals surface area contributed by atoms with E-state index in [1.807, 2.05) is 6.07 Å². The smallest absolute Gasteiger partial charge is 0.306 e. The highest BCUT2D eigenvalue weighted by Crippen LogP contribution is 2.32. The Morgan fingerprint density at radius 2 is 2.16 bits per heavy atom. The topological polar surface area (TPSA) is 62.2 Å². The van der Waals surface area contributed by atoms with E-state index in [2.05, 4.69) is 35.4 Å². The van der Waals surface area contributed by atoms with Gasteiger partial charge in [-0.05, 0) is 37.3 Å². The zero-order valence-corrected chi connectivity index (χ0v) is 10.8. The van der Waals surface area contributed by atoms with Crippen LogP contribution in [-0.2, 0) is 4.79 Å². The molecule has 0 amide bonds. The number of aliphatic carboxylic acids is 1. The highest BCUT2D eigenvalue weighted by atomic mass is 16.4. The van der Waals surface area contributed by atoms with E-state index in [1.165, 1.54) is 5.56 Å². The van der Waals surface area contributed by atoms with Crippen molar-refractivity contribution in [3.8, 4) is 0 Å². The number of carbonyl (C=O) groups is 1. The lowest BCUT2D eigenvalue weighted by molar-refractivity contribution is -0.144. The van der Waals surface area contributed by atoms with Crippen LogP contribution in [0.3, 0.4) is 0 Å². The lowest BCUT2D eigenvalue weighted by Crippen LogP contribution is -2.39. The number of anilines is 1. The van der Waals surface area contributed by atoms with Crippen LogP contribution in [0.25, 0.3) is 10.8 Å². The molecular formula is C15H16N2O2. The molecule has 1 fully saturated rings. The Labute approximate surface area is 111 Å². The molecule has 0 aliphatic heterocycles. The predicted molar refractivity (Wildman–Crippen MR) is 74.3 cm³/mol. The Morgan fingerprint density at radius 3 is 2.89 bits per heavy atom. The van der Waals surface area contributed by atoms with Gasteiger partial charge in [-0.15, -0.1) is 0 Å². The Morgan fingerprint density at radius 1 is 1.37 bits per heavy atom. The van der Waals surface area contributed by atoms with E-state index in [9.17, 15) is 4.79 Å². The van der Waals surface area contributed by atoms with Gasteiger partial charge in [-0.3, -0.25) is 4.79 Å². The molecule has 2 N–H and O–H groups in total. The van der Waals surface area contributed by atoms with Gasteiger partial charge >= 0.3 is 5.97 Å². The molecule has 0 radical (unpaired) electrons. The van der Waals surface area contributed by atoms with Crippen molar-refractivity contribution in [1.29, 1.82) is 0 Å². The molecule has 0 spiro atoms. The highest BCUT2D eigenvalue weighted by molar-refractivity contribution is 5.92. The van der Waals surface area contributed by atoms with Crippen molar-refractivity contribution < 1.29 is 9.90 Å². The third kappa shape index (κ3) is 2.26. The van der Waals surface area contributed by atoms with E-state index in [1.54, 1.807) is 6.20 Å². The molecule has 98 valence electrons. The van der Waals surface area contributed by atoms with Gasteiger partial charge in [0.25, 0.3) is 0 Å². The Kier molecular flexibility index (Phi) is 2.85. The van der Waals surface area contributed by atoms with Gasteiger partial charge in [-0.2, -0.15) is 0 Å². The minimum atomic E-state index is -0.695. The third-order valence-electron chi connectivity index (χ3n) is 3.75. The average Bonchev–Trinajstić information content (AvgIpc) is 2.33. The number of benzene rings is 1. The minimum absolute atomic E-state index is 0.200. The number of carboxylic acid groups (broad SMARTS) is 1. The van der Waals surface area contributed by atoms with Crippen molar-refractivity contribution in [3.05, 3.63) is 36.0 Å². The molecule has 1 aliphatic carbocycles. The largest absolute Gasteiger partial charge is 0.481 e. The summed E-state index contributed by atoms with van der Waals surface area (Å²) < 4.78 is 0. The van der Waals surface area contributed by atoms with Crippen LogP contribution in [0.4, 0.5) is 5.82 Å². The maximum Gasteiger partial charge on any atom is 0.306 e. The van der Waals surface area contributed by atoms with Gasteiger partial charge < -0.3 is 10.4 Å². The molecule has 0 saturated heterocycles. The second-order valence-corrected chi connectivity index (χ2v) is 5.23. The standard InChI is InChI=1S/C15H16N2O2/c1-9-2-3-10-4-5-16-14(13(10)6-9)17-12-7-11(8-12)15(18)19/h2-6,11-12H,7-8H2,1H3,(H,16,17)(H,18,19). The van der Waals surface area contributed by atoms with Crippen LogP contribution in [0.15, 0.2) is 30.5 Å². The molecule has 1 aromatic heterocycles. The van der Waals surface area contributed by atoms with Crippen LogP contribution in [-0.4, -0.2) is 22.1 Å². The summed E-state index contributed by atoms with van der Waals surface area (Å²) in [7, 11) is 0. The number of nitrogens with zero attached hydrogens (tertiary/aromatic N) is 1. The van der Waals surface area contributed by atoms with E-state index in [0.29, 0.717) is 12.8 Å². The van der Waals surface area contributed by atoms with Crippen molar-refractivity contribution in [1.82, 2.24) is 4.98 Å². The molecule has 0 atom stereocenters. The van der Waals surface area contributed by atoms with Crippen LogP contribution in [0, 0.1) is 12.8 Å². The average molecular weight is 256 g/mol. The molecule has 1 heterocycles. The second-order valence-electron chi connectivity index (χ2n) is 5.23. The lowest BCUT2D eigenvalue weighted by atomic mass is 9.80. The van der Waals surface area contributed by atoms with Crippen molar-refractivity contribution in [3.63, 3.8) is 0 Å². The zero-order chi connectivity index (χ0) is 13.4. The molecule has 1 aliphatic rings. The van der Waals surface area contributed by atoms with Crippen LogP contribution >= 0.6 is 0 Å². The summed E-state index contributed by atoms with van der Waals surface area (Å²) in [4.78, 5) is 15.2. The summed E-state index contributed by atoms with van der Waals surface area (Å²) in [6, 6.07) is 8.48. The van der Waals surface area contributed by atoms with Gasteiger partial charge in [-0.25, -0.2) is 4.98 Å². The van der Waals surface area contributed by atoms with Crippen LogP contribution in [0.1, 0.15) is 18.4 Å². The Hall–Kier alpha value is -2.10. The number of nitrogens with one attached hydrogen (secondary N) is 1. The zero-order valence-electron chi connectivity index (χ0n) is 10.8. The first-order valence-electron chi connectivity index (χ1n) is 6.48. The SMILES string of the molecule is Cc1ccc2ccnc(NC3CC(C(=O)O)C3)c2c1. The van der Waals surface area contributed by atoms with Gasteiger partial charge in [0.15, 0.2) is 0 Å². The first kappa shape index (κ1) is 12.0. The summed E-state index contributed by atoms with van der Waals surface area (Å²) >= 11 is 0. The quantitative estimate of drug-likeness (QED) is 0.886. The Bertz CT molecular complexity index is 633. The number of aromatic nitrogens is 1. The number of hydrogen-bond donors (Lipinski definition) is 2. The second kappa shape index (κ2) is 4.53. The molecule has 0 unspecified atom stereocenters. The number of aryl methyl sites for hydroxylation is 1. The van der Waals surface area contributed by atoms with Crippen LogP contribution < -0.4 is 5.32 Å². The van der Waals surface area contributed by atoms with E-state index in [4.69, 9.17) is 5.11 Å². The molecule has 1 aromatic carbocycles. The maximum atomic E-state index is 10.8. The summed E-state index contributed by atoms with van der Waals surface area (Å²) in [6.45, 7) is 2.06. The van der Waals surface area contributed by atoms with E-state index < -0.39 is 5.97 Å². The summed E-state index contributed by atoms with van der Waals surface area (Å²) in [6.07, 6.45) is 3.14. The maximum absolute atomic E-state index is 10.8. The van der Waals surface area contributed by atoms with Gasteiger partial charge in [-0.1, -0.05) is 17.7 Å². The minimum Gasteiger partial charge on any atom is -0.481 e. The molecule has 2 aromatic rings. The van der Waals surface area contributed by atoms with Crippen LogP contribution in [0.5, 0.6) is 0 Å². The van der Waals surface area contributed by atoms with Crippen LogP contribution in [0.2, 0.25) is 0 Å². The number of fused-ring (bicyclic) bond motifs is 1. The lowest BCUT2D eigenvalue weighted by Gasteiger charge is -2.33. The number of carboxylic acids is 1. The Balaban J connectivity index is 1.82. The van der Waals surface area contributed by atoms with Gasteiger partial charge in [0.1, 0.15) is 5.82 Å². The molecule has 4 heteroatoms. The molecule has 4 nitrogen and oxygen atoms in total. The number of pyridine rings is 1. The van der Waals surface area contributed by atoms with Gasteiger partial charge in [0.05, 0.1) is 5.92 Å². The van der Waals surface area contributed by atoms with Crippen molar-refractivity contribution in [2.24, 2.45) is 5.92 Å². The summed E-state index contributed by atoms with van der Waals surface area (Å²) in [5, 5.41) is 14.5. The fourth-order valence-electron chi connectivity index (χ4n) is 2.53. The van der Waals surface area contributed by atoms with E-state index >= 15 is 0 Å². The normalized spacial score (nSPS) is 21.9. The van der Waals surface area contributed by atoms with Crippen molar-refractivity contribution in [2.75, 3.05) is 5.32 Å². The third-order valence-corrected chi connectivity index (χ3v) is 3.75. The molecule has 3 rings (SSSR count). The number of hydrogen-bond acceptors (Lipinski definition) is 3. The van der Waals surface area contributed by atoms with E-state index in [0.717, 1.165) is 16.6 Å². The molecular weight excluding hydrogens is 240 g/mol. The summed E-state index contributed by atoms with van der Waals surface area (Å²) in [5.74, 6) is -0.0379. The number of rotatable bonds is 3. The van der Waals surface area contributed by atoms with Gasteiger partial charge in [0.2, 0.25) is 0 Å². The first-order chi connectivity index (χ1) is 9.13. The van der Waals surface area contributed by atoms with Gasteiger partial charge in [0, 0.05) is 17.6 Å². The molecule has 1 saturated carbocycles. The first-order valence-corrected chi connectivity index (χ1v) is 6.48. The molecule has 0 bridgehead atoms. The van der Waals surface area contributed by atoms with E-state index in [-0.39, 0.29) is 12.0 Å². The fourth-order valence-corrected chi connectivity index (χ4v) is 2.53. The monoisotopic (exact) mass is 256 g/mol. The molecule has 19 heavy (non-hydrogen) atoms. The van der Waals surface area contributed by atoms with Crippen molar-refractivity contribution >= 4 is 22.6 Å². The fraction of sp³-hybridized carbons (Fsp3) is 0.333. The highest BCUT2D eigenvalue weighted by Gasteiger charge is 2.34. The summed E-state index contributed by atoms with van der Waals surface area (Å²) in [5.41, 5.74) is 1.19.